The lowest BCUT2D eigenvalue weighted by molar-refractivity contribution is -0.169. The summed E-state index contributed by atoms with van der Waals surface area (Å²) in [5, 5.41) is 16.2. The number of pyridine rings is 1. The molecular formula is C19H23N5O2S. The minimum absolute atomic E-state index is 0.0481. The molecule has 1 aliphatic rings. The number of methoxy groups -OCH3 is 1. The molecule has 2 unspecified atom stereocenters. The highest BCUT2D eigenvalue weighted by Crippen LogP contribution is 2.35. The van der Waals surface area contributed by atoms with Gasteiger partial charge in [0.05, 0.1) is 27.6 Å². The van der Waals surface area contributed by atoms with Crippen LogP contribution >= 0.6 is 11.3 Å². The van der Waals surface area contributed by atoms with Crippen molar-refractivity contribution < 1.29 is 9.84 Å². The van der Waals surface area contributed by atoms with E-state index in [1.807, 2.05) is 48.4 Å². The van der Waals surface area contributed by atoms with Gasteiger partial charge in [-0.25, -0.2) is 9.97 Å². The third-order valence-electron chi connectivity index (χ3n) is 4.97. The summed E-state index contributed by atoms with van der Waals surface area (Å²) in [5.74, 6) is 0.489. The van der Waals surface area contributed by atoms with Crippen LogP contribution in [0.2, 0.25) is 0 Å². The third kappa shape index (κ3) is 3.53. The van der Waals surface area contributed by atoms with E-state index in [0.29, 0.717) is 24.7 Å². The predicted octanol–water partition coefficient (Wildman–Crippen LogP) is 2.97. The Balaban J connectivity index is 1.60. The number of nitrogens with zero attached hydrogens (tertiary/aromatic N) is 4. The number of hydrogen-bond acceptors (Lipinski definition) is 8. The zero-order chi connectivity index (χ0) is 19.0. The zero-order valence-corrected chi connectivity index (χ0v) is 16.4. The van der Waals surface area contributed by atoms with Crippen LogP contribution in [-0.2, 0) is 4.74 Å². The maximum absolute atomic E-state index is 10.9. The lowest BCUT2D eigenvalue weighted by Crippen LogP contribution is -2.61. The topological polar surface area (TPSA) is 83.4 Å². The molecule has 0 amide bonds. The number of anilines is 1. The van der Waals surface area contributed by atoms with Crippen molar-refractivity contribution in [2.24, 2.45) is 0 Å². The van der Waals surface area contributed by atoms with Crippen molar-refractivity contribution >= 4 is 27.5 Å². The molecule has 4 heterocycles. The Morgan fingerprint density at radius 1 is 1.30 bits per heavy atom. The monoisotopic (exact) mass is 385 g/mol. The van der Waals surface area contributed by atoms with Gasteiger partial charge in [-0.1, -0.05) is 6.07 Å². The highest BCUT2D eigenvalue weighted by Gasteiger charge is 2.43. The van der Waals surface area contributed by atoms with Crippen LogP contribution < -0.4 is 5.32 Å². The standard InChI is InChI=1S/C19H23N5O2S/c1-12(13-6-4-5-8-20-13)21-18-22-14-7-9-27-16(14)15(23-18)17(25)24-10-19(2,11-24)26-3/h4-9,12,17,25H,10-11H2,1-3H3,(H,21,22,23). The number of rotatable bonds is 6. The lowest BCUT2D eigenvalue weighted by Gasteiger charge is -2.48. The first-order valence-electron chi connectivity index (χ1n) is 8.89. The van der Waals surface area contributed by atoms with Gasteiger partial charge in [0.15, 0.2) is 6.23 Å². The van der Waals surface area contributed by atoms with E-state index in [4.69, 9.17) is 4.74 Å². The minimum Gasteiger partial charge on any atom is -0.376 e. The summed E-state index contributed by atoms with van der Waals surface area (Å²) in [4.78, 5) is 15.6. The van der Waals surface area contributed by atoms with Gasteiger partial charge in [0.25, 0.3) is 0 Å². The lowest BCUT2D eigenvalue weighted by atomic mass is 9.95. The van der Waals surface area contributed by atoms with Crippen LogP contribution in [0, 0.1) is 0 Å². The van der Waals surface area contributed by atoms with E-state index in [0.717, 1.165) is 15.9 Å². The molecule has 8 heteroatoms. The van der Waals surface area contributed by atoms with Crippen molar-refractivity contribution in [1.82, 2.24) is 19.9 Å². The molecular weight excluding hydrogens is 362 g/mol. The first-order valence-corrected chi connectivity index (χ1v) is 9.77. The van der Waals surface area contributed by atoms with E-state index >= 15 is 0 Å². The fraction of sp³-hybridized carbons (Fsp3) is 0.421. The molecule has 142 valence electrons. The number of nitrogens with one attached hydrogen (secondary N) is 1. The van der Waals surface area contributed by atoms with Crippen molar-refractivity contribution in [3.63, 3.8) is 0 Å². The third-order valence-corrected chi connectivity index (χ3v) is 5.89. The van der Waals surface area contributed by atoms with E-state index in [9.17, 15) is 5.11 Å². The van der Waals surface area contributed by atoms with E-state index in [1.54, 1.807) is 24.6 Å². The molecule has 0 aromatic carbocycles. The summed E-state index contributed by atoms with van der Waals surface area (Å²) in [5.41, 5.74) is 2.16. The molecule has 0 bridgehead atoms. The quantitative estimate of drug-likeness (QED) is 0.675. The van der Waals surface area contributed by atoms with Gasteiger partial charge in [0, 0.05) is 26.4 Å². The maximum Gasteiger partial charge on any atom is 0.224 e. The van der Waals surface area contributed by atoms with Crippen molar-refractivity contribution in [3.8, 4) is 0 Å². The second kappa shape index (κ2) is 7.12. The molecule has 3 aromatic rings. The van der Waals surface area contributed by atoms with Crippen LogP contribution in [0.15, 0.2) is 35.8 Å². The molecule has 0 saturated carbocycles. The van der Waals surface area contributed by atoms with Gasteiger partial charge in [0.1, 0.15) is 5.69 Å². The van der Waals surface area contributed by atoms with E-state index in [2.05, 4.69) is 20.3 Å². The van der Waals surface area contributed by atoms with Gasteiger partial charge in [-0.05, 0) is 37.4 Å². The minimum atomic E-state index is -0.789. The van der Waals surface area contributed by atoms with Gasteiger partial charge >= 0.3 is 0 Å². The average Bonchev–Trinajstić information content (AvgIpc) is 3.13. The van der Waals surface area contributed by atoms with Gasteiger partial charge < -0.3 is 15.2 Å². The molecule has 2 atom stereocenters. The second-order valence-corrected chi connectivity index (χ2v) is 8.04. The molecule has 4 rings (SSSR count). The first-order chi connectivity index (χ1) is 13.0. The van der Waals surface area contributed by atoms with E-state index < -0.39 is 6.23 Å². The van der Waals surface area contributed by atoms with Crippen molar-refractivity contribution in [1.29, 1.82) is 0 Å². The van der Waals surface area contributed by atoms with E-state index in [1.165, 1.54) is 0 Å². The summed E-state index contributed by atoms with van der Waals surface area (Å²) in [7, 11) is 1.70. The van der Waals surface area contributed by atoms with Crippen LogP contribution in [0.1, 0.15) is 37.5 Å². The number of hydrogen-bond donors (Lipinski definition) is 2. The first kappa shape index (κ1) is 18.2. The molecule has 1 aliphatic heterocycles. The van der Waals surface area contributed by atoms with Gasteiger partial charge in [-0.15, -0.1) is 11.3 Å². The molecule has 2 N–H and O–H groups in total. The van der Waals surface area contributed by atoms with Crippen LogP contribution in [-0.4, -0.2) is 50.8 Å². The van der Waals surface area contributed by atoms with Crippen molar-refractivity contribution in [3.05, 3.63) is 47.2 Å². The fourth-order valence-corrected chi connectivity index (χ4v) is 4.15. The highest BCUT2D eigenvalue weighted by molar-refractivity contribution is 7.17. The number of aliphatic hydroxyl groups is 1. The molecule has 0 aliphatic carbocycles. The Bertz CT molecular complexity index is 926. The van der Waals surface area contributed by atoms with Crippen LogP contribution in [0.4, 0.5) is 5.95 Å². The van der Waals surface area contributed by atoms with Gasteiger partial charge in [-0.3, -0.25) is 9.88 Å². The van der Waals surface area contributed by atoms with Gasteiger partial charge in [-0.2, -0.15) is 0 Å². The molecule has 1 saturated heterocycles. The second-order valence-electron chi connectivity index (χ2n) is 7.12. The number of aromatic nitrogens is 3. The summed E-state index contributed by atoms with van der Waals surface area (Å²) in [6.07, 6.45) is 0.977. The smallest absolute Gasteiger partial charge is 0.224 e. The van der Waals surface area contributed by atoms with Gasteiger partial charge in [0.2, 0.25) is 5.95 Å². The Kier molecular flexibility index (Phi) is 4.81. The summed E-state index contributed by atoms with van der Waals surface area (Å²) in [6, 6.07) is 7.70. The highest BCUT2D eigenvalue weighted by atomic mass is 32.1. The number of thiophene rings is 1. The summed E-state index contributed by atoms with van der Waals surface area (Å²) < 4.78 is 6.39. The van der Waals surface area contributed by atoms with Crippen LogP contribution in [0.5, 0.6) is 0 Å². The number of ether oxygens (including phenoxy) is 1. The molecule has 7 nitrogen and oxygen atoms in total. The fourth-order valence-electron chi connectivity index (χ4n) is 3.31. The number of aliphatic hydroxyl groups excluding tert-OH is 1. The van der Waals surface area contributed by atoms with Crippen LogP contribution in [0.3, 0.4) is 0 Å². The van der Waals surface area contributed by atoms with Crippen LogP contribution in [0.25, 0.3) is 10.2 Å². The molecule has 1 fully saturated rings. The van der Waals surface area contributed by atoms with E-state index in [-0.39, 0.29) is 11.6 Å². The largest absolute Gasteiger partial charge is 0.376 e. The zero-order valence-electron chi connectivity index (χ0n) is 15.6. The maximum atomic E-state index is 10.9. The predicted molar refractivity (Wildman–Crippen MR) is 106 cm³/mol. The molecule has 3 aromatic heterocycles. The normalized spacial score (nSPS) is 18.8. The Morgan fingerprint density at radius 3 is 2.81 bits per heavy atom. The average molecular weight is 385 g/mol. The molecule has 0 spiro atoms. The number of fused-ring (bicyclic) bond motifs is 1. The Hall–Kier alpha value is -2.13. The number of likely N-dealkylation sites (tertiary alicyclic amines) is 1. The molecule has 0 radical (unpaired) electrons. The summed E-state index contributed by atoms with van der Waals surface area (Å²) >= 11 is 1.54. The Morgan fingerprint density at radius 2 is 2.11 bits per heavy atom. The SMILES string of the molecule is COC1(C)CN(C(O)c2nc(NC(C)c3ccccn3)nc3ccsc23)C1. The van der Waals surface area contributed by atoms with Crippen molar-refractivity contribution in [2.75, 3.05) is 25.5 Å². The molecule has 27 heavy (non-hydrogen) atoms. The Labute approximate surface area is 162 Å². The van der Waals surface area contributed by atoms with Crippen molar-refractivity contribution in [2.45, 2.75) is 31.7 Å². The summed E-state index contributed by atoms with van der Waals surface area (Å²) in [6.45, 7) is 5.38.